The Labute approximate surface area is 66.3 Å². The minimum absolute atomic E-state index is 0.873. The molecule has 2 heteroatoms. The van der Waals surface area contributed by atoms with Crippen molar-refractivity contribution < 1.29 is 0 Å². The van der Waals surface area contributed by atoms with Gasteiger partial charge >= 0.3 is 0 Å². The van der Waals surface area contributed by atoms with Gasteiger partial charge in [0.25, 0.3) is 0 Å². The highest BCUT2D eigenvalue weighted by molar-refractivity contribution is 5.83. The summed E-state index contributed by atoms with van der Waals surface area (Å²) < 4.78 is 0. The lowest BCUT2D eigenvalue weighted by Crippen LogP contribution is -1.88. The summed E-state index contributed by atoms with van der Waals surface area (Å²) >= 11 is 0. The SMILES string of the molecule is C=Cc1ncccc1/C=N\C. The van der Waals surface area contributed by atoms with E-state index in [9.17, 15) is 0 Å². The topological polar surface area (TPSA) is 25.2 Å². The minimum atomic E-state index is 0.873. The van der Waals surface area contributed by atoms with Crippen LogP contribution in [0.1, 0.15) is 11.3 Å². The van der Waals surface area contributed by atoms with Crippen molar-refractivity contribution in [3.05, 3.63) is 36.2 Å². The Hall–Kier alpha value is -1.44. The summed E-state index contributed by atoms with van der Waals surface area (Å²) in [6, 6.07) is 3.83. The molecule has 0 fully saturated rings. The molecule has 0 aliphatic rings. The number of hydrogen-bond acceptors (Lipinski definition) is 2. The fourth-order valence-electron chi connectivity index (χ4n) is 0.849. The molecule has 0 N–H and O–H groups in total. The third-order valence-electron chi connectivity index (χ3n) is 1.33. The number of hydrogen-bond donors (Lipinski definition) is 0. The van der Waals surface area contributed by atoms with Crippen LogP contribution in [0.5, 0.6) is 0 Å². The van der Waals surface area contributed by atoms with Crippen LogP contribution in [0.15, 0.2) is 29.9 Å². The molecule has 0 spiro atoms. The molecule has 0 aromatic carbocycles. The molecular formula is C9H10N2. The molecule has 0 aliphatic heterocycles. The van der Waals surface area contributed by atoms with Gasteiger partial charge < -0.3 is 0 Å². The average molecular weight is 146 g/mol. The first kappa shape index (κ1) is 7.66. The predicted octanol–water partition coefficient (Wildman–Crippen LogP) is 1.77. The molecule has 1 rings (SSSR count). The van der Waals surface area contributed by atoms with E-state index in [0.717, 1.165) is 11.3 Å². The van der Waals surface area contributed by atoms with Gasteiger partial charge in [-0.15, -0.1) is 0 Å². The number of aliphatic imine (C=N–C) groups is 1. The monoisotopic (exact) mass is 146 g/mol. The summed E-state index contributed by atoms with van der Waals surface area (Å²) in [6.07, 6.45) is 5.23. The van der Waals surface area contributed by atoms with Crippen LogP contribution in [0.3, 0.4) is 0 Å². The summed E-state index contributed by atoms with van der Waals surface area (Å²) in [5.74, 6) is 0. The van der Waals surface area contributed by atoms with E-state index < -0.39 is 0 Å². The van der Waals surface area contributed by atoms with Gasteiger partial charge in [-0.25, -0.2) is 0 Å². The first-order chi connectivity index (χ1) is 5.38. The summed E-state index contributed by atoms with van der Waals surface area (Å²) in [6.45, 7) is 3.65. The zero-order valence-corrected chi connectivity index (χ0v) is 6.49. The fourth-order valence-corrected chi connectivity index (χ4v) is 0.849. The van der Waals surface area contributed by atoms with Crippen molar-refractivity contribution in [1.29, 1.82) is 0 Å². The lowest BCUT2D eigenvalue weighted by molar-refractivity contribution is 1.28. The maximum absolute atomic E-state index is 4.11. The van der Waals surface area contributed by atoms with Crippen LogP contribution in [0.2, 0.25) is 0 Å². The van der Waals surface area contributed by atoms with Gasteiger partial charge in [-0.3, -0.25) is 9.98 Å². The third-order valence-corrected chi connectivity index (χ3v) is 1.33. The molecule has 1 heterocycles. The van der Waals surface area contributed by atoms with Gasteiger partial charge in [-0.1, -0.05) is 6.58 Å². The first-order valence-corrected chi connectivity index (χ1v) is 3.38. The molecule has 0 unspecified atom stereocenters. The maximum Gasteiger partial charge on any atom is 0.0711 e. The normalized spacial score (nSPS) is 10.3. The molecular weight excluding hydrogens is 136 g/mol. The Morgan fingerprint density at radius 2 is 2.45 bits per heavy atom. The van der Waals surface area contributed by atoms with Gasteiger partial charge in [0.1, 0.15) is 0 Å². The first-order valence-electron chi connectivity index (χ1n) is 3.38. The Bertz CT molecular complexity index is 277. The van der Waals surface area contributed by atoms with Gasteiger partial charge in [0.05, 0.1) is 5.69 Å². The number of nitrogens with zero attached hydrogens (tertiary/aromatic N) is 2. The lowest BCUT2D eigenvalue weighted by Gasteiger charge is -1.95. The van der Waals surface area contributed by atoms with Gasteiger partial charge in [0, 0.05) is 25.0 Å². The van der Waals surface area contributed by atoms with Gasteiger partial charge in [0.15, 0.2) is 0 Å². The molecule has 0 saturated carbocycles. The molecule has 11 heavy (non-hydrogen) atoms. The lowest BCUT2D eigenvalue weighted by atomic mass is 10.2. The van der Waals surface area contributed by atoms with Gasteiger partial charge in [0.2, 0.25) is 0 Å². The van der Waals surface area contributed by atoms with E-state index in [1.807, 2.05) is 12.1 Å². The van der Waals surface area contributed by atoms with Crippen molar-refractivity contribution in [3.8, 4) is 0 Å². The molecule has 1 aromatic rings. The molecule has 1 aromatic heterocycles. The number of aromatic nitrogens is 1. The highest BCUT2D eigenvalue weighted by atomic mass is 14.7. The Balaban J connectivity index is 3.11. The van der Waals surface area contributed by atoms with Crippen molar-refractivity contribution in [3.63, 3.8) is 0 Å². The van der Waals surface area contributed by atoms with Crippen LogP contribution in [0.4, 0.5) is 0 Å². The molecule has 0 radical (unpaired) electrons. The van der Waals surface area contributed by atoms with Crippen LogP contribution in [-0.4, -0.2) is 18.2 Å². The van der Waals surface area contributed by atoms with E-state index in [1.54, 1.807) is 25.5 Å². The second kappa shape index (κ2) is 3.66. The second-order valence-corrected chi connectivity index (χ2v) is 2.07. The number of rotatable bonds is 2. The Kier molecular flexibility index (Phi) is 2.55. The average Bonchev–Trinajstić information content (AvgIpc) is 2.06. The van der Waals surface area contributed by atoms with Gasteiger partial charge in [-0.05, 0) is 18.2 Å². The highest BCUT2D eigenvalue weighted by Gasteiger charge is 1.93. The number of pyridine rings is 1. The Morgan fingerprint density at radius 1 is 1.64 bits per heavy atom. The van der Waals surface area contributed by atoms with E-state index in [0.29, 0.717) is 0 Å². The third kappa shape index (κ3) is 1.74. The Morgan fingerprint density at radius 3 is 3.09 bits per heavy atom. The minimum Gasteiger partial charge on any atom is -0.296 e. The molecule has 0 amide bonds. The molecule has 0 atom stereocenters. The largest absolute Gasteiger partial charge is 0.296 e. The summed E-state index contributed by atoms with van der Waals surface area (Å²) in [5.41, 5.74) is 1.88. The quantitative estimate of drug-likeness (QED) is 0.584. The molecule has 0 saturated heterocycles. The van der Waals surface area contributed by atoms with Crippen LogP contribution in [-0.2, 0) is 0 Å². The van der Waals surface area contributed by atoms with Crippen molar-refractivity contribution in [2.45, 2.75) is 0 Å². The van der Waals surface area contributed by atoms with Crippen molar-refractivity contribution in [2.75, 3.05) is 7.05 Å². The van der Waals surface area contributed by atoms with Crippen molar-refractivity contribution in [2.24, 2.45) is 4.99 Å². The van der Waals surface area contributed by atoms with E-state index in [2.05, 4.69) is 16.6 Å². The standard InChI is InChI=1S/C9H10N2/c1-3-9-8(7-10-2)5-4-6-11-9/h3-7H,1H2,2H3/b10-7-. The van der Waals surface area contributed by atoms with E-state index in [-0.39, 0.29) is 0 Å². The highest BCUT2D eigenvalue weighted by Crippen LogP contribution is 2.02. The van der Waals surface area contributed by atoms with E-state index >= 15 is 0 Å². The van der Waals surface area contributed by atoms with E-state index in [1.165, 1.54) is 0 Å². The van der Waals surface area contributed by atoms with E-state index in [4.69, 9.17) is 0 Å². The molecule has 56 valence electrons. The molecule has 2 nitrogen and oxygen atoms in total. The molecule has 0 aliphatic carbocycles. The van der Waals surface area contributed by atoms with Gasteiger partial charge in [-0.2, -0.15) is 0 Å². The fraction of sp³-hybridized carbons (Fsp3) is 0.111. The van der Waals surface area contributed by atoms with Crippen LogP contribution >= 0.6 is 0 Å². The zero-order valence-electron chi connectivity index (χ0n) is 6.49. The van der Waals surface area contributed by atoms with Crippen LogP contribution in [0, 0.1) is 0 Å². The van der Waals surface area contributed by atoms with Crippen LogP contribution < -0.4 is 0 Å². The summed E-state index contributed by atoms with van der Waals surface area (Å²) in [4.78, 5) is 8.01. The van der Waals surface area contributed by atoms with Crippen molar-refractivity contribution in [1.82, 2.24) is 4.98 Å². The summed E-state index contributed by atoms with van der Waals surface area (Å²) in [7, 11) is 1.74. The summed E-state index contributed by atoms with van der Waals surface area (Å²) in [5, 5.41) is 0. The predicted molar refractivity (Wildman–Crippen MR) is 47.8 cm³/mol. The zero-order chi connectivity index (χ0) is 8.10. The smallest absolute Gasteiger partial charge is 0.0711 e. The van der Waals surface area contributed by atoms with Crippen LogP contribution in [0.25, 0.3) is 6.08 Å². The maximum atomic E-state index is 4.11. The molecule has 0 bridgehead atoms. The van der Waals surface area contributed by atoms with Crippen molar-refractivity contribution >= 4 is 12.3 Å². The second-order valence-electron chi connectivity index (χ2n) is 2.07.